The number of hydrogen-bond acceptors (Lipinski definition) is 5. The molecule has 128 valence electrons. The third-order valence-corrected chi connectivity index (χ3v) is 3.85. The zero-order chi connectivity index (χ0) is 17.8. The molecule has 0 atom stereocenters. The molecule has 1 heterocycles. The highest BCUT2D eigenvalue weighted by Crippen LogP contribution is 2.35. The van der Waals surface area contributed by atoms with E-state index in [0.29, 0.717) is 34.1 Å². The van der Waals surface area contributed by atoms with Crippen LogP contribution in [0, 0.1) is 0 Å². The quantitative estimate of drug-likeness (QED) is 0.615. The molecule has 0 amide bonds. The molecule has 0 bridgehead atoms. The number of cyclic esters (lactones) is 1. The van der Waals surface area contributed by atoms with E-state index in [2.05, 4.69) is 0 Å². The van der Waals surface area contributed by atoms with Gasteiger partial charge >= 0.3 is 5.97 Å². The Hall–Kier alpha value is -3.21. The molecule has 3 rings (SSSR count). The molecule has 25 heavy (non-hydrogen) atoms. The van der Waals surface area contributed by atoms with Gasteiger partial charge in [-0.15, -0.1) is 0 Å². The number of esters is 1. The van der Waals surface area contributed by atoms with Crippen LogP contribution in [-0.2, 0) is 9.53 Å². The van der Waals surface area contributed by atoms with Crippen LogP contribution in [-0.4, -0.2) is 27.3 Å². The lowest BCUT2D eigenvalue weighted by Crippen LogP contribution is -1.99. The highest BCUT2D eigenvalue weighted by molar-refractivity contribution is 6.05. The van der Waals surface area contributed by atoms with Gasteiger partial charge in [-0.3, -0.25) is 0 Å². The van der Waals surface area contributed by atoms with E-state index in [-0.39, 0.29) is 0 Å². The van der Waals surface area contributed by atoms with Gasteiger partial charge in [0.15, 0.2) is 0 Å². The summed E-state index contributed by atoms with van der Waals surface area (Å²) in [6, 6.07) is 12.8. The van der Waals surface area contributed by atoms with Gasteiger partial charge in [-0.25, -0.2) is 4.79 Å². The zero-order valence-electron chi connectivity index (χ0n) is 14.2. The molecular weight excluding hydrogens is 320 g/mol. The minimum atomic E-state index is -0.418. The molecule has 2 aromatic carbocycles. The van der Waals surface area contributed by atoms with Crippen LogP contribution in [0.1, 0.15) is 11.1 Å². The van der Waals surface area contributed by atoms with E-state index in [1.807, 2.05) is 24.3 Å². The van der Waals surface area contributed by atoms with E-state index in [4.69, 9.17) is 18.9 Å². The summed E-state index contributed by atoms with van der Waals surface area (Å²) in [7, 11) is 4.73. The van der Waals surface area contributed by atoms with Crippen molar-refractivity contribution in [3.8, 4) is 17.2 Å². The molecule has 0 unspecified atom stereocenters. The van der Waals surface area contributed by atoms with E-state index < -0.39 is 5.97 Å². The second-order valence-electron chi connectivity index (χ2n) is 5.31. The Labute approximate surface area is 146 Å². The van der Waals surface area contributed by atoms with E-state index >= 15 is 0 Å². The topological polar surface area (TPSA) is 54.0 Å². The molecule has 0 saturated heterocycles. The summed E-state index contributed by atoms with van der Waals surface area (Å²) in [6.07, 6.45) is 3.43. The smallest absolute Gasteiger partial charge is 0.343 e. The Morgan fingerprint density at radius 1 is 0.920 bits per heavy atom. The summed E-state index contributed by atoms with van der Waals surface area (Å²) in [5.41, 5.74) is 1.92. The van der Waals surface area contributed by atoms with Crippen molar-refractivity contribution in [2.45, 2.75) is 0 Å². The predicted molar refractivity (Wildman–Crippen MR) is 94.6 cm³/mol. The number of para-hydroxylation sites is 1. The highest BCUT2D eigenvalue weighted by atomic mass is 16.5. The monoisotopic (exact) mass is 338 g/mol. The molecule has 1 aliphatic heterocycles. The molecule has 2 aromatic rings. The van der Waals surface area contributed by atoms with Crippen molar-refractivity contribution in [1.82, 2.24) is 0 Å². The Bertz CT molecular complexity index is 864. The lowest BCUT2D eigenvalue weighted by atomic mass is 10.1. The average Bonchev–Trinajstić information content (AvgIpc) is 3.01. The second kappa shape index (κ2) is 7.13. The van der Waals surface area contributed by atoms with Gasteiger partial charge < -0.3 is 18.9 Å². The predicted octanol–water partition coefficient (Wildman–Crippen LogP) is 3.69. The van der Waals surface area contributed by atoms with Gasteiger partial charge in [-0.1, -0.05) is 18.2 Å². The van der Waals surface area contributed by atoms with Crippen molar-refractivity contribution in [1.29, 1.82) is 0 Å². The molecule has 0 fully saturated rings. The van der Waals surface area contributed by atoms with Crippen molar-refractivity contribution >= 4 is 17.8 Å². The fourth-order valence-corrected chi connectivity index (χ4v) is 2.58. The third kappa shape index (κ3) is 3.35. The van der Waals surface area contributed by atoms with Crippen molar-refractivity contribution in [2.75, 3.05) is 21.3 Å². The first kappa shape index (κ1) is 16.6. The SMILES string of the molecule is COc1ccc(C2=C/C(=C/c3ccccc3OC)C(=O)O2)c(OC)c1. The summed E-state index contributed by atoms with van der Waals surface area (Å²) in [5.74, 6) is 1.93. The zero-order valence-corrected chi connectivity index (χ0v) is 14.2. The van der Waals surface area contributed by atoms with Gasteiger partial charge in [-0.05, 0) is 30.4 Å². The number of hydrogen-bond donors (Lipinski definition) is 0. The van der Waals surface area contributed by atoms with Crippen molar-refractivity contribution < 1.29 is 23.7 Å². The van der Waals surface area contributed by atoms with Crippen LogP contribution in [0.25, 0.3) is 11.8 Å². The minimum Gasteiger partial charge on any atom is -0.497 e. The normalized spacial score (nSPS) is 14.9. The van der Waals surface area contributed by atoms with Crippen LogP contribution >= 0.6 is 0 Å². The standard InChI is InChI=1S/C20H18O5/c1-22-15-8-9-16(18(12-15)24-3)19-11-14(20(21)25-19)10-13-6-4-5-7-17(13)23-2/h4-12H,1-3H3/b14-10-. The van der Waals surface area contributed by atoms with Crippen LogP contribution in [0.4, 0.5) is 0 Å². The summed E-state index contributed by atoms with van der Waals surface area (Å²) < 4.78 is 21.3. The minimum absolute atomic E-state index is 0.418. The average molecular weight is 338 g/mol. The summed E-state index contributed by atoms with van der Waals surface area (Å²) >= 11 is 0. The molecule has 5 heteroatoms. The van der Waals surface area contributed by atoms with E-state index in [0.717, 1.165) is 5.56 Å². The van der Waals surface area contributed by atoms with E-state index in [1.165, 1.54) is 0 Å². The molecular formula is C20H18O5. The van der Waals surface area contributed by atoms with Gasteiger partial charge in [0.25, 0.3) is 0 Å². The maximum Gasteiger partial charge on any atom is 0.343 e. The lowest BCUT2D eigenvalue weighted by Gasteiger charge is -2.10. The van der Waals surface area contributed by atoms with Gasteiger partial charge in [-0.2, -0.15) is 0 Å². The first-order chi connectivity index (χ1) is 12.2. The maximum atomic E-state index is 12.2. The van der Waals surface area contributed by atoms with Gasteiger partial charge in [0.05, 0.1) is 32.5 Å². The number of carbonyl (C=O) groups excluding carboxylic acids is 1. The third-order valence-electron chi connectivity index (χ3n) is 3.85. The number of rotatable bonds is 5. The van der Waals surface area contributed by atoms with Crippen molar-refractivity contribution in [3.63, 3.8) is 0 Å². The Kier molecular flexibility index (Phi) is 4.75. The number of ether oxygens (including phenoxy) is 4. The van der Waals surface area contributed by atoms with Gasteiger partial charge in [0.1, 0.15) is 23.0 Å². The van der Waals surface area contributed by atoms with Crippen LogP contribution in [0.2, 0.25) is 0 Å². The Morgan fingerprint density at radius 3 is 2.40 bits per heavy atom. The molecule has 0 aromatic heterocycles. The molecule has 1 aliphatic rings. The molecule has 5 nitrogen and oxygen atoms in total. The fraction of sp³-hybridized carbons (Fsp3) is 0.150. The Balaban J connectivity index is 1.99. The van der Waals surface area contributed by atoms with Crippen LogP contribution in [0.15, 0.2) is 54.1 Å². The van der Waals surface area contributed by atoms with Crippen LogP contribution in [0.5, 0.6) is 17.2 Å². The van der Waals surface area contributed by atoms with Crippen LogP contribution < -0.4 is 14.2 Å². The van der Waals surface area contributed by atoms with E-state index in [9.17, 15) is 4.79 Å². The Morgan fingerprint density at radius 2 is 1.68 bits per heavy atom. The summed E-state index contributed by atoms with van der Waals surface area (Å²) in [4.78, 5) is 12.2. The molecule has 0 saturated carbocycles. The largest absolute Gasteiger partial charge is 0.497 e. The molecule has 0 spiro atoms. The first-order valence-electron chi connectivity index (χ1n) is 7.67. The first-order valence-corrected chi connectivity index (χ1v) is 7.67. The summed E-state index contributed by atoms with van der Waals surface area (Å²) in [6.45, 7) is 0. The highest BCUT2D eigenvalue weighted by Gasteiger charge is 2.24. The fourth-order valence-electron chi connectivity index (χ4n) is 2.58. The molecule has 0 N–H and O–H groups in total. The van der Waals surface area contributed by atoms with Crippen molar-refractivity contribution in [2.24, 2.45) is 0 Å². The number of carbonyl (C=O) groups is 1. The summed E-state index contributed by atoms with van der Waals surface area (Å²) in [5, 5.41) is 0. The molecule has 0 aliphatic carbocycles. The van der Waals surface area contributed by atoms with Crippen molar-refractivity contribution in [3.05, 3.63) is 65.2 Å². The number of benzene rings is 2. The second-order valence-corrected chi connectivity index (χ2v) is 5.31. The lowest BCUT2D eigenvalue weighted by molar-refractivity contribution is -0.130. The number of methoxy groups -OCH3 is 3. The van der Waals surface area contributed by atoms with E-state index in [1.54, 1.807) is 51.7 Å². The molecule has 0 radical (unpaired) electrons. The van der Waals surface area contributed by atoms with Gasteiger partial charge in [0, 0.05) is 11.6 Å². The van der Waals surface area contributed by atoms with Crippen LogP contribution in [0.3, 0.4) is 0 Å². The maximum absolute atomic E-state index is 12.2. The van der Waals surface area contributed by atoms with Gasteiger partial charge in [0.2, 0.25) is 0 Å².